The number of carbonyl (C=O) groups excluding carboxylic acids is 1. The lowest BCUT2D eigenvalue weighted by molar-refractivity contribution is -0.138. The van der Waals surface area contributed by atoms with Gasteiger partial charge in [0.15, 0.2) is 0 Å². The minimum atomic E-state index is -0.0683. The van der Waals surface area contributed by atoms with Crippen LogP contribution in [-0.2, 0) is 14.3 Å². The van der Waals surface area contributed by atoms with E-state index in [9.17, 15) is 4.79 Å². The van der Waals surface area contributed by atoms with Gasteiger partial charge in [-0.05, 0) is 18.8 Å². The van der Waals surface area contributed by atoms with E-state index in [4.69, 9.17) is 9.47 Å². The molecular weight excluding hydrogens is 182 g/mol. The van der Waals surface area contributed by atoms with Gasteiger partial charge in [0.2, 0.25) is 5.91 Å². The molecule has 1 N–H and O–H groups in total. The Hall–Kier alpha value is -1.19. The molecule has 0 aromatic rings. The van der Waals surface area contributed by atoms with E-state index < -0.39 is 0 Å². The second kappa shape index (κ2) is 2.90. The first-order valence-electron chi connectivity index (χ1n) is 5.10. The van der Waals surface area contributed by atoms with E-state index in [0.29, 0.717) is 5.92 Å². The Kier molecular flexibility index (Phi) is 1.69. The molecule has 1 amide bonds. The van der Waals surface area contributed by atoms with Crippen LogP contribution in [-0.4, -0.2) is 24.7 Å². The molecule has 3 aliphatic rings. The molecule has 2 aliphatic heterocycles. The first-order chi connectivity index (χ1) is 6.86. The van der Waals surface area contributed by atoms with Crippen LogP contribution >= 0.6 is 0 Å². The molecule has 14 heavy (non-hydrogen) atoms. The summed E-state index contributed by atoms with van der Waals surface area (Å²) in [5.74, 6) is 0.571. The highest BCUT2D eigenvalue weighted by Crippen LogP contribution is 2.38. The maximum Gasteiger partial charge on any atom is 0.227 e. The standard InChI is InChI=1S/C10H13NO3/c12-10-8-6(5-11-10)1-2-7-9(8)14-4-3-13-7/h3-4,6-9H,1-2,5H2,(H,11,12). The molecule has 4 nitrogen and oxygen atoms in total. The van der Waals surface area contributed by atoms with Gasteiger partial charge in [0, 0.05) is 6.54 Å². The van der Waals surface area contributed by atoms with Crippen molar-refractivity contribution in [3.8, 4) is 0 Å². The minimum Gasteiger partial charge on any atom is -0.491 e. The van der Waals surface area contributed by atoms with Crippen LogP contribution in [0.15, 0.2) is 12.5 Å². The fraction of sp³-hybridized carbons (Fsp3) is 0.700. The maximum absolute atomic E-state index is 11.6. The first kappa shape index (κ1) is 8.15. The Morgan fingerprint density at radius 2 is 2.14 bits per heavy atom. The third-order valence-electron chi connectivity index (χ3n) is 3.44. The van der Waals surface area contributed by atoms with Crippen LogP contribution in [0.3, 0.4) is 0 Å². The Morgan fingerprint density at radius 1 is 1.29 bits per heavy atom. The highest BCUT2D eigenvalue weighted by molar-refractivity contribution is 5.82. The molecule has 1 saturated heterocycles. The monoisotopic (exact) mass is 195 g/mol. The Morgan fingerprint density at radius 3 is 3.07 bits per heavy atom. The van der Waals surface area contributed by atoms with Crippen molar-refractivity contribution in [1.82, 2.24) is 5.32 Å². The lowest BCUT2D eigenvalue weighted by Gasteiger charge is -2.38. The third kappa shape index (κ3) is 1.03. The highest BCUT2D eigenvalue weighted by atomic mass is 16.6. The van der Waals surface area contributed by atoms with E-state index in [1.54, 1.807) is 12.5 Å². The summed E-state index contributed by atoms with van der Waals surface area (Å²) in [6, 6.07) is 0. The van der Waals surface area contributed by atoms with E-state index >= 15 is 0 Å². The number of nitrogens with one attached hydrogen (secondary N) is 1. The molecule has 0 bridgehead atoms. The average molecular weight is 195 g/mol. The SMILES string of the molecule is O=C1NCC2CCC3OC=COC3C12. The third-order valence-corrected chi connectivity index (χ3v) is 3.44. The van der Waals surface area contributed by atoms with Crippen LogP contribution in [0.5, 0.6) is 0 Å². The summed E-state index contributed by atoms with van der Waals surface area (Å²) in [5.41, 5.74) is 0. The van der Waals surface area contributed by atoms with Gasteiger partial charge in [-0.2, -0.15) is 0 Å². The van der Waals surface area contributed by atoms with Gasteiger partial charge in [-0.25, -0.2) is 0 Å². The van der Waals surface area contributed by atoms with Crippen LogP contribution in [0.2, 0.25) is 0 Å². The molecule has 2 fully saturated rings. The molecule has 1 saturated carbocycles. The van der Waals surface area contributed by atoms with Crippen molar-refractivity contribution in [1.29, 1.82) is 0 Å². The molecule has 2 heterocycles. The van der Waals surface area contributed by atoms with Crippen LogP contribution < -0.4 is 5.32 Å². The van der Waals surface area contributed by atoms with Crippen LogP contribution in [0.1, 0.15) is 12.8 Å². The van der Waals surface area contributed by atoms with Gasteiger partial charge in [0.25, 0.3) is 0 Å². The zero-order valence-corrected chi connectivity index (χ0v) is 7.81. The first-order valence-corrected chi connectivity index (χ1v) is 5.10. The smallest absolute Gasteiger partial charge is 0.227 e. The van der Waals surface area contributed by atoms with Gasteiger partial charge >= 0.3 is 0 Å². The molecule has 4 unspecified atom stereocenters. The molecule has 0 radical (unpaired) electrons. The summed E-state index contributed by atoms with van der Waals surface area (Å²) < 4.78 is 11.0. The van der Waals surface area contributed by atoms with Gasteiger partial charge in [0.05, 0.1) is 5.92 Å². The molecular formula is C10H13NO3. The highest BCUT2D eigenvalue weighted by Gasteiger charge is 2.49. The van der Waals surface area contributed by atoms with Crippen LogP contribution in [0.4, 0.5) is 0 Å². The number of ether oxygens (including phenoxy) is 2. The summed E-state index contributed by atoms with van der Waals surface area (Å²) in [7, 11) is 0. The predicted molar refractivity (Wildman–Crippen MR) is 48.1 cm³/mol. The van der Waals surface area contributed by atoms with E-state index in [-0.39, 0.29) is 24.0 Å². The summed E-state index contributed by atoms with van der Waals surface area (Å²) in [4.78, 5) is 11.6. The predicted octanol–water partition coefficient (Wildman–Crippen LogP) is 0.398. The van der Waals surface area contributed by atoms with Crippen molar-refractivity contribution in [2.45, 2.75) is 25.0 Å². The minimum absolute atomic E-state index is 0.00120. The Bertz CT molecular complexity index is 289. The van der Waals surface area contributed by atoms with Crippen molar-refractivity contribution >= 4 is 5.91 Å². The van der Waals surface area contributed by atoms with Crippen molar-refractivity contribution in [3.63, 3.8) is 0 Å². The Labute approximate surface area is 82.3 Å². The average Bonchev–Trinajstić information content (AvgIpc) is 2.61. The van der Waals surface area contributed by atoms with Gasteiger partial charge in [-0.15, -0.1) is 0 Å². The summed E-state index contributed by atoms with van der Waals surface area (Å²) in [6.45, 7) is 0.805. The molecule has 3 rings (SSSR count). The summed E-state index contributed by atoms with van der Waals surface area (Å²) in [5, 5.41) is 2.90. The van der Waals surface area contributed by atoms with Gasteiger partial charge in [0.1, 0.15) is 24.7 Å². The molecule has 76 valence electrons. The summed E-state index contributed by atoms with van der Waals surface area (Å²) >= 11 is 0. The van der Waals surface area contributed by atoms with E-state index in [2.05, 4.69) is 5.32 Å². The molecule has 4 atom stereocenters. The molecule has 1 aliphatic carbocycles. The zero-order valence-electron chi connectivity index (χ0n) is 7.81. The number of rotatable bonds is 0. The number of carbonyl (C=O) groups is 1. The van der Waals surface area contributed by atoms with Crippen molar-refractivity contribution in [3.05, 3.63) is 12.5 Å². The second-order valence-electron chi connectivity index (χ2n) is 4.16. The summed E-state index contributed by atoms with van der Waals surface area (Å²) in [6.07, 6.45) is 5.18. The molecule has 0 aromatic heterocycles. The quantitative estimate of drug-likeness (QED) is 0.608. The van der Waals surface area contributed by atoms with Gasteiger partial charge in [-0.3, -0.25) is 4.79 Å². The van der Waals surface area contributed by atoms with Crippen LogP contribution in [0.25, 0.3) is 0 Å². The zero-order chi connectivity index (χ0) is 9.54. The topological polar surface area (TPSA) is 47.6 Å². The van der Waals surface area contributed by atoms with Crippen molar-refractivity contribution in [2.24, 2.45) is 11.8 Å². The Balaban J connectivity index is 1.88. The van der Waals surface area contributed by atoms with Gasteiger partial charge < -0.3 is 14.8 Å². The second-order valence-corrected chi connectivity index (χ2v) is 4.16. The van der Waals surface area contributed by atoms with Crippen LogP contribution in [0, 0.1) is 11.8 Å². The number of amides is 1. The van der Waals surface area contributed by atoms with Crippen molar-refractivity contribution < 1.29 is 14.3 Å². The lowest BCUT2D eigenvalue weighted by Crippen LogP contribution is -2.46. The lowest BCUT2D eigenvalue weighted by atomic mass is 9.77. The molecule has 0 aromatic carbocycles. The van der Waals surface area contributed by atoms with E-state index in [1.807, 2.05) is 0 Å². The number of hydrogen-bond acceptors (Lipinski definition) is 3. The molecule has 4 heteroatoms. The van der Waals surface area contributed by atoms with Crippen molar-refractivity contribution in [2.75, 3.05) is 6.54 Å². The molecule has 0 spiro atoms. The van der Waals surface area contributed by atoms with E-state index in [0.717, 1.165) is 19.4 Å². The maximum atomic E-state index is 11.6. The van der Waals surface area contributed by atoms with E-state index in [1.165, 1.54) is 0 Å². The fourth-order valence-corrected chi connectivity index (χ4v) is 2.74. The van der Waals surface area contributed by atoms with Gasteiger partial charge in [-0.1, -0.05) is 0 Å². The normalized spacial score (nSPS) is 44.4. The fourth-order valence-electron chi connectivity index (χ4n) is 2.74. The largest absolute Gasteiger partial charge is 0.491 e. The number of fused-ring (bicyclic) bond motifs is 3. The number of hydrogen-bond donors (Lipinski definition) is 1.